The predicted molar refractivity (Wildman–Crippen MR) is 76.4 cm³/mol. The number of phenols is 1. The van der Waals surface area contributed by atoms with Crippen LogP contribution in [-0.4, -0.2) is 17.0 Å². The number of rotatable bonds is 3. The Labute approximate surface area is 124 Å². The molecule has 0 saturated heterocycles. The molecule has 0 radical (unpaired) electrons. The molecule has 2 atom stereocenters. The lowest BCUT2D eigenvalue weighted by Gasteiger charge is -2.41. The van der Waals surface area contributed by atoms with E-state index in [4.69, 9.17) is 0 Å². The van der Waals surface area contributed by atoms with Gasteiger partial charge in [-0.05, 0) is 30.4 Å². The number of amides is 1. The molecule has 1 aliphatic rings. The van der Waals surface area contributed by atoms with Gasteiger partial charge in [0, 0.05) is 17.3 Å². The van der Waals surface area contributed by atoms with Crippen LogP contribution in [0.2, 0.25) is 0 Å². The summed E-state index contributed by atoms with van der Waals surface area (Å²) < 4.78 is 0. The Kier molecular flexibility index (Phi) is 3.70. The first-order chi connectivity index (χ1) is 9.70. The molecule has 0 aromatic heterocycles. The zero-order valence-corrected chi connectivity index (χ0v) is 12.5. The van der Waals surface area contributed by atoms with E-state index in [-0.39, 0.29) is 11.7 Å². The maximum atomic E-state index is 12.5. The van der Waals surface area contributed by atoms with Crippen molar-refractivity contribution < 1.29 is 19.8 Å². The number of carbonyl (C=O) groups excluding carboxylic acids is 2. The summed E-state index contributed by atoms with van der Waals surface area (Å²) in [5.74, 6) is -1.85. The van der Waals surface area contributed by atoms with E-state index in [2.05, 4.69) is 5.32 Å². The lowest BCUT2D eigenvalue weighted by atomic mass is 9.65. The van der Waals surface area contributed by atoms with Crippen LogP contribution in [0.3, 0.4) is 0 Å². The molecule has 2 rings (SSSR count). The number of hydrogen-bond donors (Lipinski definition) is 2. The van der Waals surface area contributed by atoms with Crippen LogP contribution in [0.5, 0.6) is 5.75 Å². The Morgan fingerprint density at radius 1 is 1.29 bits per heavy atom. The normalized spacial score (nSPS) is 27.3. The molecule has 1 aliphatic carbocycles. The van der Waals surface area contributed by atoms with Gasteiger partial charge in [-0.3, -0.25) is 4.79 Å². The molecule has 1 aromatic rings. The van der Waals surface area contributed by atoms with E-state index in [0.717, 1.165) is 0 Å². The SMILES string of the molecule is CC1(C)[C@H](C(=O)Nc2ccccc2O)CC[C@@]1(C)C(=O)[O-]. The van der Waals surface area contributed by atoms with Crippen LogP contribution < -0.4 is 10.4 Å². The van der Waals surface area contributed by atoms with E-state index in [9.17, 15) is 19.8 Å². The van der Waals surface area contributed by atoms with Crippen molar-refractivity contribution in [1.29, 1.82) is 0 Å². The molecule has 1 amide bonds. The number of carbonyl (C=O) groups is 2. The lowest BCUT2D eigenvalue weighted by Crippen LogP contribution is -2.49. The molecular weight excluding hydrogens is 270 g/mol. The van der Waals surface area contributed by atoms with Gasteiger partial charge in [0.2, 0.25) is 5.91 Å². The van der Waals surface area contributed by atoms with Gasteiger partial charge in [0.05, 0.1) is 5.69 Å². The van der Waals surface area contributed by atoms with E-state index in [0.29, 0.717) is 18.5 Å². The molecule has 21 heavy (non-hydrogen) atoms. The van der Waals surface area contributed by atoms with Crippen LogP contribution in [0.4, 0.5) is 5.69 Å². The van der Waals surface area contributed by atoms with Crippen molar-refractivity contribution >= 4 is 17.6 Å². The van der Waals surface area contributed by atoms with Gasteiger partial charge in [-0.1, -0.05) is 32.9 Å². The number of benzene rings is 1. The molecule has 0 unspecified atom stereocenters. The van der Waals surface area contributed by atoms with E-state index in [1.807, 2.05) is 0 Å². The van der Waals surface area contributed by atoms with Crippen LogP contribution in [0.25, 0.3) is 0 Å². The highest BCUT2D eigenvalue weighted by Gasteiger charge is 2.54. The van der Waals surface area contributed by atoms with Gasteiger partial charge in [-0.25, -0.2) is 0 Å². The summed E-state index contributed by atoms with van der Waals surface area (Å²) in [4.78, 5) is 23.9. The first kappa shape index (κ1) is 15.4. The Hall–Kier alpha value is -2.04. The Morgan fingerprint density at radius 2 is 1.90 bits per heavy atom. The maximum absolute atomic E-state index is 12.5. The fourth-order valence-corrected chi connectivity index (χ4v) is 3.12. The lowest BCUT2D eigenvalue weighted by molar-refractivity contribution is -0.323. The van der Waals surface area contributed by atoms with Crippen molar-refractivity contribution in [2.45, 2.75) is 33.6 Å². The number of aromatic hydroxyl groups is 1. The molecule has 1 aromatic carbocycles. The number of carboxylic acid groups (broad SMARTS) is 1. The second-order valence-corrected chi connectivity index (χ2v) is 6.44. The number of para-hydroxylation sites is 2. The summed E-state index contributed by atoms with van der Waals surface area (Å²) in [6.07, 6.45) is 0.887. The summed E-state index contributed by atoms with van der Waals surface area (Å²) in [6, 6.07) is 6.46. The van der Waals surface area contributed by atoms with Gasteiger partial charge in [-0.2, -0.15) is 0 Å². The average molecular weight is 290 g/mol. The maximum Gasteiger partial charge on any atom is 0.228 e. The number of phenolic OH excluding ortho intramolecular Hbond substituents is 1. The monoisotopic (exact) mass is 290 g/mol. The molecule has 1 saturated carbocycles. The van der Waals surface area contributed by atoms with Crippen LogP contribution in [0.1, 0.15) is 33.6 Å². The third kappa shape index (κ3) is 2.37. The summed E-state index contributed by atoms with van der Waals surface area (Å²) >= 11 is 0. The minimum atomic E-state index is -1.12. The van der Waals surface area contributed by atoms with Crippen molar-refractivity contribution in [3.05, 3.63) is 24.3 Å². The van der Waals surface area contributed by atoms with Crippen molar-refractivity contribution in [2.24, 2.45) is 16.7 Å². The van der Waals surface area contributed by atoms with Crippen molar-refractivity contribution in [1.82, 2.24) is 0 Å². The van der Waals surface area contributed by atoms with Gasteiger partial charge in [0.25, 0.3) is 0 Å². The van der Waals surface area contributed by atoms with Gasteiger partial charge in [0.15, 0.2) is 0 Å². The van der Waals surface area contributed by atoms with E-state index in [1.54, 1.807) is 39.0 Å². The Bertz CT molecular complexity index is 581. The largest absolute Gasteiger partial charge is 0.550 e. The van der Waals surface area contributed by atoms with Gasteiger partial charge >= 0.3 is 0 Å². The van der Waals surface area contributed by atoms with Crippen LogP contribution >= 0.6 is 0 Å². The first-order valence-corrected chi connectivity index (χ1v) is 7.00. The fourth-order valence-electron chi connectivity index (χ4n) is 3.12. The summed E-state index contributed by atoms with van der Waals surface area (Å²) in [5, 5.41) is 23.8. The highest BCUT2D eigenvalue weighted by atomic mass is 16.4. The van der Waals surface area contributed by atoms with Gasteiger partial charge < -0.3 is 20.3 Å². The number of hydrogen-bond acceptors (Lipinski definition) is 4. The standard InChI is InChI=1S/C16H21NO4/c1-15(2)10(8-9-16(15,3)14(20)21)13(19)17-11-6-4-5-7-12(11)18/h4-7,10,18H,8-9H2,1-3H3,(H,17,19)(H,20,21)/p-1/t10-,16-/m0/s1. The molecule has 0 aliphatic heterocycles. The van der Waals surface area contributed by atoms with Crippen LogP contribution in [0, 0.1) is 16.7 Å². The summed E-state index contributed by atoms with van der Waals surface area (Å²) in [6.45, 7) is 5.20. The van der Waals surface area contributed by atoms with Crippen LogP contribution in [0.15, 0.2) is 24.3 Å². The quantitative estimate of drug-likeness (QED) is 0.826. The van der Waals surface area contributed by atoms with Crippen molar-refractivity contribution in [3.63, 3.8) is 0 Å². The van der Waals surface area contributed by atoms with E-state index in [1.165, 1.54) is 6.07 Å². The molecular formula is C16H20NO4-. The zero-order valence-electron chi connectivity index (χ0n) is 12.5. The highest BCUT2D eigenvalue weighted by Crippen LogP contribution is 2.55. The molecule has 5 heteroatoms. The first-order valence-electron chi connectivity index (χ1n) is 7.00. The number of carboxylic acids is 1. The molecule has 2 N–H and O–H groups in total. The van der Waals surface area contributed by atoms with Gasteiger partial charge in [0.1, 0.15) is 5.75 Å². The van der Waals surface area contributed by atoms with E-state index < -0.39 is 22.7 Å². The molecule has 1 fully saturated rings. The average Bonchev–Trinajstić information content (AvgIpc) is 2.64. The predicted octanol–water partition coefficient (Wildman–Crippen LogP) is 1.52. The van der Waals surface area contributed by atoms with Crippen LogP contribution in [-0.2, 0) is 9.59 Å². The molecule has 114 valence electrons. The van der Waals surface area contributed by atoms with E-state index >= 15 is 0 Å². The van der Waals surface area contributed by atoms with Crippen molar-refractivity contribution in [3.8, 4) is 5.75 Å². The minimum absolute atomic E-state index is 0.00989. The third-order valence-electron chi connectivity index (χ3n) is 5.16. The zero-order chi connectivity index (χ0) is 15.8. The molecule has 0 spiro atoms. The molecule has 5 nitrogen and oxygen atoms in total. The minimum Gasteiger partial charge on any atom is -0.550 e. The fraction of sp³-hybridized carbons (Fsp3) is 0.500. The number of anilines is 1. The highest BCUT2D eigenvalue weighted by molar-refractivity contribution is 5.95. The smallest absolute Gasteiger partial charge is 0.228 e. The second kappa shape index (κ2) is 5.06. The number of aliphatic carboxylic acids is 1. The van der Waals surface area contributed by atoms with Crippen molar-refractivity contribution in [2.75, 3.05) is 5.32 Å². The molecule has 0 bridgehead atoms. The number of nitrogens with one attached hydrogen (secondary N) is 1. The third-order valence-corrected chi connectivity index (χ3v) is 5.16. The Morgan fingerprint density at radius 3 is 2.43 bits per heavy atom. The second-order valence-electron chi connectivity index (χ2n) is 6.44. The molecule has 0 heterocycles. The van der Waals surface area contributed by atoms with Gasteiger partial charge in [-0.15, -0.1) is 0 Å². The Balaban J connectivity index is 2.22. The summed E-state index contributed by atoms with van der Waals surface area (Å²) in [7, 11) is 0. The topological polar surface area (TPSA) is 89.5 Å². The summed E-state index contributed by atoms with van der Waals surface area (Å²) in [5.41, 5.74) is -1.42.